The summed E-state index contributed by atoms with van der Waals surface area (Å²) in [5, 5.41) is 9.34. The van der Waals surface area contributed by atoms with Crippen LogP contribution in [0.2, 0.25) is 0 Å². The summed E-state index contributed by atoms with van der Waals surface area (Å²) in [6.07, 6.45) is 2.20. The number of para-hydroxylation sites is 1. The van der Waals surface area contributed by atoms with E-state index in [1.807, 2.05) is 24.3 Å². The molecule has 0 amide bonds. The monoisotopic (exact) mass is 232 g/mol. The molecule has 1 aromatic carbocycles. The van der Waals surface area contributed by atoms with Crippen LogP contribution in [0.4, 0.5) is 0 Å². The standard InChI is InChI=1S/C14H16O3/c1-17-14-8-3-2-5-11(14)10-6-4-7-13(16)12(10)9-15/h2-3,5,8,15H,4,6-7,9H2,1H3. The molecular formula is C14H16O3. The average Bonchev–Trinajstić information content (AvgIpc) is 2.38. The molecule has 0 saturated carbocycles. The third-order valence-corrected chi connectivity index (χ3v) is 3.12. The number of hydrogen-bond acceptors (Lipinski definition) is 3. The quantitative estimate of drug-likeness (QED) is 0.869. The second-order valence-electron chi connectivity index (χ2n) is 4.09. The van der Waals surface area contributed by atoms with Crippen molar-refractivity contribution in [3.05, 3.63) is 35.4 Å². The number of ketones is 1. The van der Waals surface area contributed by atoms with Gasteiger partial charge in [-0.15, -0.1) is 0 Å². The molecule has 17 heavy (non-hydrogen) atoms. The summed E-state index contributed by atoms with van der Waals surface area (Å²) in [6.45, 7) is -0.188. The molecule has 3 nitrogen and oxygen atoms in total. The summed E-state index contributed by atoms with van der Waals surface area (Å²) in [4.78, 5) is 11.8. The minimum atomic E-state index is -0.188. The molecule has 1 aliphatic rings. The van der Waals surface area contributed by atoms with Gasteiger partial charge in [0.1, 0.15) is 5.75 Å². The molecule has 0 fully saturated rings. The molecule has 0 bridgehead atoms. The first kappa shape index (κ1) is 11.9. The zero-order valence-electron chi connectivity index (χ0n) is 9.90. The first-order valence-corrected chi connectivity index (χ1v) is 5.77. The van der Waals surface area contributed by atoms with E-state index in [9.17, 15) is 9.90 Å². The molecule has 3 heteroatoms. The van der Waals surface area contributed by atoms with Crippen LogP contribution in [0.1, 0.15) is 24.8 Å². The van der Waals surface area contributed by atoms with Crippen molar-refractivity contribution in [2.75, 3.05) is 13.7 Å². The molecule has 2 rings (SSSR count). The Balaban J connectivity index is 2.53. The van der Waals surface area contributed by atoms with E-state index in [-0.39, 0.29) is 12.4 Å². The van der Waals surface area contributed by atoms with Crippen LogP contribution in [0, 0.1) is 0 Å². The highest BCUT2D eigenvalue weighted by molar-refractivity contribution is 6.04. The molecule has 0 atom stereocenters. The van der Waals surface area contributed by atoms with Crippen molar-refractivity contribution >= 4 is 11.4 Å². The highest BCUT2D eigenvalue weighted by Gasteiger charge is 2.22. The summed E-state index contributed by atoms with van der Waals surface area (Å²) in [5.74, 6) is 0.808. The van der Waals surface area contributed by atoms with Gasteiger partial charge in [-0.2, -0.15) is 0 Å². The Kier molecular flexibility index (Phi) is 3.59. The summed E-state index contributed by atoms with van der Waals surface area (Å²) in [6, 6.07) is 7.62. The Morgan fingerprint density at radius 3 is 2.76 bits per heavy atom. The number of carbonyl (C=O) groups excluding carboxylic acids is 1. The van der Waals surface area contributed by atoms with Gasteiger partial charge in [0.05, 0.1) is 13.7 Å². The van der Waals surface area contributed by atoms with Gasteiger partial charge >= 0.3 is 0 Å². The fourth-order valence-electron chi connectivity index (χ4n) is 2.27. The van der Waals surface area contributed by atoms with E-state index >= 15 is 0 Å². The Hall–Kier alpha value is -1.61. The minimum Gasteiger partial charge on any atom is -0.496 e. The van der Waals surface area contributed by atoms with E-state index in [4.69, 9.17) is 4.74 Å². The Bertz CT molecular complexity index is 460. The van der Waals surface area contributed by atoms with E-state index in [1.165, 1.54) is 0 Å². The molecule has 0 spiro atoms. The second kappa shape index (κ2) is 5.15. The van der Waals surface area contributed by atoms with Gasteiger partial charge in [-0.3, -0.25) is 4.79 Å². The topological polar surface area (TPSA) is 46.5 Å². The number of aliphatic hydroxyl groups excluding tert-OH is 1. The van der Waals surface area contributed by atoms with E-state index < -0.39 is 0 Å². The number of Topliss-reactive ketones (excluding diaryl/α,β-unsaturated/α-hetero) is 1. The number of allylic oxidation sites excluding steroid dienone is 1. The lowest BCUT2D eigenvalue weighted by Crippen LogP contribution is -2.14. The second-order valence-corrected chi connectivity index (χ2v) is 4.09. The van der Waals surface area contributed by atoms with Crippen LogP contribution >= 0.6 is 0 Å². The van der Waals surface area contributed by atoms with Crippen molar-refractivity contribution in [3.8, 4) is 5.75 Å². The summed E-state index contributed by atoms with van der Waals surface area (Å²) < 4.78 is 5.30. The zero-order valence-corrected chi connectivity index (χ0v) is 9.90. The minimum absolute atomic E-state index is 0.0552. The third-order valence-electron chi connectivity index (χ3n) is 3.12. The molecule has 0 heterocycles. The lowest BCUT2D eigenvalue weighted by Gasteiger charge is -2.20. The number of ether oxygens (including phenoxy) is 1. The Morgan fingerprint density at radius 1 is 1.29 bits per heavy atom. The highest BCUT2D eigenvalue weighted by atomic mass is 16.5. The average molecular weight is 232 g/mol. The fraction of sp³-hybridized carbons (Fsp3) is 0.357. The van der Waals surface area contributed by atoms with Gasteiger partial charge in [0.2, 0.25) is 0 Å². The van der Waals surface area contributed by atoms with Gasteiger partial charge in [0.15, 0.2) is 5.78 Å². The van der Waals surface area contributed by atoms with Crippen LogP contribution in [0.15, 0.2) is 29.8 Å². The molecule has 1 N–H and O–H groups in total. The van der Waals surface area contributed by atoms with Gasteiger partial charge in [0.25, 0.3) is 0 Å². The predicted octanol–water partition coefficient (Wildman–Crippen LogP) is 2.19. The molecule has 0 aliphatic heterocycles. The lowest BCUT2D eigenvalue weighted by molar-refractivity contribution is -0.116. The number of hydrogen-bond donors (Lipinski definition) is 1. The van der Waals surface area contributed by atoms with E-state index in [1.54, 1.807) is 7.11 Å². The van der Waals surface area contributed by atoms with E-state index in [0.717, 1.165) is 29.7 Å². The van der Waals surface area contributed by atoms with E-state index in [0.29, 0.717) is 12.0 Å². The molecule has 0 aromatic heterocycles. The maximum atomic E-state index is 11.8. The number of aliphatic hydroxyl groups is 1. The normalized spacial score (nSPS) is 16.2. The summed E-state index contributed by atoms with van der Waals surface area (Å²) in [7, 11) is 1.61. The van der Waals surface area contributed by atoms with Crippen molar-refractivity contribution in [2.24, 2.45) is 0 Å². The predicted molar refractivity (Wildman–Crippen MR) is 65.9 cm³/mol. The largest absolute Gasteiger partial charge is 0.496 e. The summed E-state index contributed by atoms with van der Waals surface area (Å²) >= 11 is 0. The zero-order chi connectivity index (χ0) is 12.3. The fourth-order valence-corrected chi connectivity index (χ4v) is 2.27. The number of rotatable bonds is 3. The van der Waals surface area contributed by atoms with Crippen molar-refractivity contribution in [1.29, 1.82) is 0 Å². The van der Waals surface area contributed by atoms with Crippen LogP contribution < -0.4 is 4.74 Å². The van der Waals surface area contributed by atoms with E-state index in [2.05, 4.69) is 0 Å². The Morgan fingerprint density at radius 2 is 2.06 bits per heavy atom. The van der Waals surface area contributed by atoms with Gasteiger partial charge in [-0.05, 0) is 24.5 Å². The van der Waals surface area contributed by atoms with Crippen molar-refractivity contribution < 1.29 is 14.6 Å². The molecule has 1 aliphatic carbocycles. The van der Waals surface area contributed by atoms with Crippen molar-refractivity contribution in [1.82, 2.24) is 0 Å². The van der Waals surface area contributed by atoms with Gasteiger partial charge in [0, 0.05) is 17.6 Å². The van der Waals surface area contributed by atoms with Crippen LogP contribution in [-0.2, 0) is 4.79 Å². The third kappa shape index (κ3) is 2.24. The van der Waals surface area contributed by atoms with Crippen LogP contribution in [0.25, 0.3) is 5.57 Å². The molecule has 0 saturated heterocycles. The number of carbonyl (C=O) groups is 1. The maximum absolute atomic E-state index is 11.8. The van der Waals surface area contributed by atoms with Crippen LogP contribution in [-0.4, -0.2) is 24.6 Å². The van der Waals surface area contributed by atoms with Crippen molar-refractivity contribution in [2.45, 2.75) is 19.3 Å². The SMILES string of the molecule is COc1ccccc1C1=C(CO)C(=O)CCC1. The van der Waals surface area contributed by atoms with Crippen LogP contribution in [0.5, 0.6) is 5.75 Å². The maximum Gasteiger partial charge on any atom is 0.161 e. The van der Waals surface area contributed by atoms with Gasteiger partial charge < -0.3 is 9.84 Å². The molecule has 0 radical (unpaired) electrons. The number of benzene rings is 1. The van der Waals surface area contributed by atoms with Crippen molar-refractivity contribution in [3.63, 3.8) is 0 Å². The number of methoxy groups -OCH3 is 1. The summed E-state index contributed by atoms with van der Waals surface area (Å²) in [5.41, 5.74) is 2.40. The molecule has 0 unspecified atom stereocenters. The molecular weight excluding hydrogens is 216 g/mol. The molecule has 1 aromatic rings. The first-order valence-electron chi connectivity index (χ1n) is 5.77. The van der Waals surface area contributed by atoms with Gasteiger partial charge in [-0.25, -0.2) is 0 Å². The first-order chi connectivity index (χ1) is 8.27. The smallest absolute Gasteiger partial charge is 0.161 e. The van der Waals surface area contributed by atoms with Gasteiger partial charge in [-0.1, -0.05) is 18.2 Å². The lowest BCUT2D eigenvalue weighted by atomic mass is 9.86. The Labute approximate surface area is 101 Å². The van der Waals surface area contributed by atoms with Crippen LogP contribution in [0.3, 0.4) is 0 Å². The highest BCUT2D eigenvalue weighted by Crippen LogP contribution is 2.35. The molecule has 90 valence electrons.